The van der Waals surface area contributed by atoms with E-state index >= 15 is 0 Å². The van der Waals surface area contributed by atoms with Gasteiger partial charge in [-0.1, -0.05) is 24.3 Å². The number of aromatic nitrogens is 2. The summed E-state index contributed by atoms with van der Waals surface area (Å²) in [5.41, 5.74) is -0.0602. The summed E-state index contributed by atoms with van der Waals surface area (Å²) < 4.78 is 0. The molecular weight excluding hydrogens is 320 g/mol. The molecule has 1 aliphatic rings. The molecular formula is C19H14N2O4. The van der Waals surface area contributed by atoms with E-state index in [0.29, 0.717) is 16.5 Å². The average Bonchev–Trinajstić information content (AvgIpc) is 3.01. The van der Waals surface area contributed by atoms with Crippen molar-refractivity contribution in [2.45, 2.75) is 19.4 Å². The van der Waals surface area contributed by atoms with Gasteiger partial charge in [-0.2, -0.15) is 5.10 Å². The van der Waals surface area contributed by atoms with Crippen molar-refractivity contribution in [2.75, 3.05) is 0 Å². The maximum Gasteiger partial charge on any atom is 0.212 e. The second-order valence-electron chi connectivity index (χ2n) is 6.57. The van der Waals surface area contributed by atoms with Crippen LogP contribution in [0.5, 0.6) is 0 Å². The number of hydrogen-bond acceptors (Lipinski definition) is 5. The van der Waals surface area contributed by atoms with Gasteiger partial charge in [-0.3, -0.25) is 19.5 Å². The van der Waals surface area contributed by atoms with Gasteiger partial charge in [0, 0.05) is 22.1 Å². The maximum absolute atomic E-state index is 12.9. The molecule has 0 saturated heterocycles. The fraction of sp³-hybridized carbons (Fsp3) is 0.158. The molecule has 3 aromatic rings. The molecule has 0 aliphatic heterocycles. The number of ketones is 3. The van der Waals surface area contributed by atoms with Crippen molar-refractivity contribution in [3.05, 3.63) is 64.3 Å². The molecule has 0 atom stereocenters. The third-order valence-corrected chi connectivity index (χ3v) is 4.40. The van der Waals surface area contributed by atoms with Gasteiger partial charge in [0.25, 0.3) is 0 Å². The number of rotatable bonds is 2. The molecule has 6 nitrogen and oxygen atoms in total. The van der Waals surface area contributed by atoms with Crippen molar-refractivity contribution in [1.29, 1.82) is 0 Å². The monoisotopic (exact) mass is 334 g/mol. The van der Waals surface area contributed by atoms with Gasteiger partial charge in [0.2, 0.25) is 5.78 Å². The SMILES string of the molecule is CC(C)(O)C(=O)c1[nH]nc2c3c(ccc12)C(=O)c1ccccc1C3=O. The van der Waals surface area contributed by atoms with E-state index in [1.165, 1.54) is 19.9 Å². The summed E-state index contributed by atoms with van der Waals surface area (Å²) in [6.45, 7) is 2.76. The van der Waals surface area contributed by atoms with Gasteiger partial charge in [0.15, 0.2) is 11.6 Å². The Balaban J connectivity index is 1.99. The van der Waals surface area contributed by atoms with Crippen LogP contribution in [-0.4, -0.2) is 38.3 Å². The van der Waals surface area contributed by atoms with Gasteiger partial charge < -0.3 is 5.11 Å². The van der Waals surface area contributed by atoms with Crippen molar-refractivity contribution >= 4 is 28.3 Å². The van der Waals surface area contributed by atoms with Crippen molar-refractivity contribution < 1.29 is 19.5 Å². The number of nitrogens with one attached hydrogen (secondary N) is 1. The van der Waals surface area contributed by atoms with E-state index in [-0.39, 0.29) is 33.9 Å². The fourth-order valence-electron chi connectivity index (χ4n) is 3.14. The Bertz CT molecular complexity index is 1090. The highest BCUT2D eigenvalue weighted by Crippen LogP contribution is 2.33. The summed E-state index contributed by atoms with van der Waals surface area (Å²) in [6, 6.07) is 9.74. The molecule has 0 saturated carbocycles. The number of Topliss-reactive ketones (excluding diaryl/α,β-unsaturated/α-hetero) is 1. The number of fused-ring (bicyclic) bond motifs is 4. The molecule has 2 aromatic carbocycles. The molecule has 0 spiro atoms. The van der Waals surface area contributed by atoms with Crippen molar-refractivity contribution in [2.24, 2.45) is 0 Å². The molecule has 0 radical (unpaired) electrons. The Morgan fingerprint density at radius 2 is 1.64 bits per heavy atom. The summed E-state index contributed by atoms with van der Waals surface area (Å²) in [7, 11) is 0. The van der Waals surface area contributed by atoms with Crippen LogP contribution in [0.25, 0.3) is 10.9 Å². The first kappa shape index (κ1) is 15.4. The fourth-order valence-corrected chi connectivity index (χ4v) is 3.14. The number of H-pyrrole nitrogens is 1. The first-order chi connectivity index (χ1) is 11.8. The Kier molecular flexibility index (Phi) is 3.04. The Hall–Kier alpha value is -3.12. The van der Waals surface area contributed by atoms with Gasteiger partial charge in [-0.15, -0.1) is 0 Å². The van der Waals surface area contributed by atoms with Crippen LogP contribution in [0, 0.1) is 0 Å². The molecule has 6 heteroatoms. The van der Waals surface area contributed by atoms with Crippen LogP contribution >= 0.6 is 0 Å². The molecule has 25 heavy (non-hydrogen) atoms. The summed E-state index contributed by atoms with van der Waals surface area (Å²) in [5, 5.41) is 17.1. The number of carbonyl (C=O) groups excluding carboxylic acids is 3. The molecule has 4 rings (SSSR count). The number of nitrogens with zero attached hydrogens (tertiary/aromatic N) is 1. The predicted octanol–water partition coefficient (Wildman–Crippen LogP) is 2.29. The summed E-state index contributed by atoms with van der Waals surface area (Å²) >= 11 is 0. The number of benzene rings is 2. The van der Waals surface area contributed by atoms with Crippen LogP contribution in [0.15, 0.2) is 36.4 Å². The van der Waals surface area contributed by atoms with E-state index in [9.17, 15) is 19.5 Å². The zero-order valence-electron chi connectivity index (χ0n) is 13.6. The Morgan fingerprint density at radius 1 is 1.00 bits per heavy atom. The topological polar surface area (TPSA) is 100 Å². The highest BCUT2D eigenvalue weighted by Gasteiger charge is 2.34. The lowest BCUT2D eigenvalue weighted by Gasteiger charge is -2.17. The van der Waals surface area contributed by atoms with E-state index in [1.807, 2.05) is 0 Å². The van der Waals surface area contributed by atoms with Crippen LogP contribution in [0.1, 0.15) is 56.2 Å². The van der Waals surface area contributed by atoms with Gasteiger partial charge in [-0.05, 0) is 26.0 Å². The normalized spacial score (nSPS) is 13.7. The number of hydrogen-bond donors (Lipinski definition) is 2. The van der Waals surface area contributed by atoms with Gasteiger partial charge in [-0.25, -0.2) is 0 Å². The number of carbonyl (C=O) groups is 3. The minimum absolute atomic E-state index is 0.115. The minimum atomic E-state index is -1.58. The maximum atomic E-state index is 12.9. The van der Waals surface area contributed by atoms with Crippen LogP contribution < -0.4 is 0 Å². The third-order valence-electron chi connectivity index (χ3n) is 4.40. The molecule has 1 heterocycles. The van der Waals surface area contributed by atoms with Crippen molar-refractivity contribution in [1.82, 2.24) is 10.2 Å². The summed E-state index contributed by atoms with van der Waals surface area (Å²) in [5.74, 6) is -1.08. The highest BCUT2D eigenvalue weighted by molar-refractivity contribution is 6.32. The highest BCUT2D eigenvalue weighted by atomic mass is 16.3. The lowest BCUT2D eigenvalue weighted by Crippen LogP contribution is -2.31. The van der Waals surface area contributed by atoms with Gasteiger partial charge >= 0.3 is 0 Å². The Morgan fingerprint density at radius 3 is 2.28 bits per heavy atom. The van der Waals surface area contributed by atoms with Crippen molar-refractivity contribution in [3.63, 3.8) is 0 Å². The number of aromatic amines is 1. The lowest BCUT2D eigenvalue weighted by atomic mass is 9.83. The van der Waals surface area contributed by atoms with Crippen LogP contribution in [0.2, 0.25) is 0 Å². The van der Waals surface area contributed by atoms with Crippen LogP contribution in [0.3, 0.4) is 0 Å². The largest absolute Gasteiger partial charge is 0.382 e. The van der Waals surface area contributed by atoms with E-state index in [1.54, 1.807) is 30.3 Å². The first-order valence-electron chi connectivity index (χ1n) is 7.77. The summed E-state index contributed by atoms with van der Waals surface area (Å²) in [6.07, 6.45) is 0. The van der Waals surface area contributed by atoms with Crippen LogP contribution in [0.4, 0.5) is 0 Å². The predicted molar refractivity (Wildman–Crippen MR) is 90.0 cm³/mol. The summed E-state index contributed by atoms with van der Waals surface area (Å²) in [4.78, 5) is 38.0. The molecule has 1 aliphatic carbocycles. The zero-order valence-corrected chi connectivity index (χ0v) is 13.6. The van der Waals surface area contributed by atoms with Crippen molar-refractivity contribution in [3.8, 4) is 0 Å². The smallest absolute Gasteiger partial charge is 0.212 e. The molecule has 0 bridgehead atoms. The first-order valence-corrected chi connectivity index (χ1v) is 7.77. The van der Waals surface area contributed by atoms with E-state index in [4.69, 9.17) is 0 Å². The van der Waals surface area contributed by atoms with Crippen LogP contribution in [-0.2, 0) is 0 Å². The van der Waals surface area contributed by atoms with Gasteiger partial charge in [0.05, 0.1) is 5.56 Å². The molecule has 1 aromatic heterocycles. The number of aliphatic hydroxyl groups is 1. The zero-order chi connectivity index (χ0) is 17.9. The minimum Gasteiger partial charge on any atom is -0.382 e. The van der Waals surface area contributed by atoms with E-state index in [2.05, 4.69) is 10.2 Å². The van der Waals surface area contributed by atoms with E-state index < -0.39 is 11.4 Å². The standard InChI is InChI=1S/C19H14N2O4/c1-19(2,25)18(24)15-12-8-7-11-13(14(12)20-21-15)17(23)10-6-4-3-5-9(10)16(11)22/h3-8,25H,1-2H3,(H,20,21). The second kappa shape index (κ2) is 4.94. The Labute approximate surface area is 142 Å². The molecule has 2 N–H and O–H groups in total. The molecule has 0 fully saturated rings. The third kappa shape index (κ3) is 2.08. The van der Waals surface area contributed by atoms with E-state index in [0.717, 1.165) is 0 Å². The molecule has 0 unspecified atom stereocenters. The molecule has 124 valence electrons. The molecule has 0 amide bonds. The second-order valence-corrected chi connectivity index (χ2v) is 6.57. The van der Waals surface area contributed by atoms with Gasteiger partial charge in [0.1, 0.15) is 16.8 Å². The average molecular weight is 334 g/mol. The lowest BCUT2D eigenvalue weighted by molar-refractivity contribution is 0.0484. The quantitative estimate of drug-likeness (QED) is 0.548.